The van der Waals surface area contributed by atoms with Gasteiger partial charge in [0.05, 0.1) is 0 Å². The molecule has 126 valence electrons. The third-order valence-electron chi connectivity index (χ3n) is 4.34. The second kappa shape index (κ2) is 6.05. The van der Waals surface area contributed by atoms with E-state index in [4.69, 9.17) is 0 Å². The van der Waals surface area contributed by atoms with Crippen LogP contribution < -0.4 is 10.2 Å². The lowest BCUT2D eigenvalue weighted by atomic mass is 10.2. The lowest BCUT2D eigenvalue weighted by Crippen LogP contribution is -2.23. The molecule has 6 nitrogen and oxygen atoms in total. The molecular formula is C19H18N4O2. The Hall–Kier alpha value is -3.15. The van der Waals surface area contributed by atoms with E-state index < -0.39 is 0 Å². The summed E-state index contributed by atoms with van der Waals surface area (Å²) in [5, 5.41) is 2.86. The molecule has 3 aromatic rings. The van der Waals surface area contributed by atoms with Crippen molar-refractivity contribution in [1.29, 1.82) is 0 Å². The van der Waals surface area contributed by atoms with E-state index in [-0.39, 0.29) is 11.8 Å². The van der Waals surface area contributed by atoms with Gasteiger partial charge in [-0.2, -0.15) is 0 Å². The summed E-state index contributed by atoms with van der Waals surface area (Å²) in [7, 11) is 0. The van der Waals surface area contributed by atoms with Crippen molar-refractivity contribution in [3.63, 3.8) is 0 Å². The van der Waals surface area contributed by atoms with Crippen molar-refractivity contribution in [2.24, 2.45) is 0 Å². The number of anilines is 2. The number of amides is 2. The number of aryl methyl sites for hydroxylation is 1. The Kier molecular flexibility index (Phi) is 3.72. The average molecular weight is 334 g/mol. The van der Waals surface area contributed by atoms with Crippen molar-refractivity contribution in [1.82, 2.24) is 9.38 Å². The highest BCUT2D eigenvalue weighted by Gasteiger charge is 2.22. The maximum absolute atomic E-state index is 12.5. The average Bonchev–Trinajstić information content (AvgIpc) is 3.20. The van der Waals surface area contributed by atoms with Gasteiger partial charge in [-0.3, -0.25) is 9.59 Å². The van der Waals surface area contributed by atoms with E-state index in [2.05, 4.69) is 10.3 Å². The number of fused-ring (bicyclic) bond motifs is 1. The molecule has 0 aliphatic carbocycles. The van der Waals surface area contributed by atoms with Crippen LogP contribution in [0.5, 0.6) is 0 Å². The van der Waals surface area contributed by atoms with Crippen LogP contribution in [-0.2, 0) is 4.79 Å². The summed E-state index contributed by atoms with van der Waals surface area (Å²) in [6.45, 7) is 2.71. The first-order chi connectivity index (χ1) is 12.1. The molecule has 1 saturated heterocycles. The summed E-state index contributed by atoms with van der Waals surface area (Å²) in [4.78, 5) is 30.5. The fourth-order valence-corrected chi connectivity index (χ4v) is 3.06. The van der Waals surface area contributed by atoms with Crippen LogP contribution in [0.4, 0.5) is 11.4 Å². The molecule has 0 unspecified atom stereocenters. The quantitative estimate of drug-likeness (QED) is 0.800. The van der Waals surface area contributed by atoms with Gasteiger partial charge in [-0.15, -0.1) is 0 Å². The minimum Gasteiger partial charge on any atom is -0.321 e. The summed E-state index contributed by atoms with van der Waals surface area (Å²) in [6, 6.07) is 11.2. The predicted octanol–water partition coefficient (Wildman–Crippen LogP) is 3.02. The Morgan fingerprint density at radius 1 is 1.24 bits per heavy atom. The normalized spacial score (nSPS) is 14.3. The van der Waals surface area contributed by atoms with E-state index in [1.807, 2.05) is 53.9 Å². The molecule has 0 atom stereocenters. The lowest BCUT2D eigenvalue weighted by Gasteiger charge is -2.16. The first kappa shape index (κ1) is 15.4. The Balaban J connectivity index is 1.56. The van der Waals surface area contributed by atoms with Crippen LogP contribution >= 0.6 is 0 Å². The molecule has 0 radical (unpaired) electrons. The molecule has 0 bridgehead atoms. The van der Waals surface area contributed by atoms with Crippen LogP contribution in [0.3, 0.4) is 0 Å². The summed E-state index contributed by atoms with van der Waals surface area (Å²) in [5.41, 5.74) is 3.64. The predicted molar refractivity (Wildman–Crippen MR) is 95.9 cm³/mol. The third-order valence-corrected chi connectivity index (χ3v) is 4.34. The largest absolute Gasteiger partial charge is 0.321 e. The van der Waals surface area contributed by atoms with Crippen molar-refractivity contribution >= 4 is 28.8 Å². The van der Waals surface area contributed by atoms with Gasteiger partial charge >= 0.3 is 0 Å². The smallest absolute Gasteiger partial charge is 0.275 e. The Bertz CT molecular complexity index is 976. The first-order valence-electron chi connectivity index (χ1n) is 8.27. The number of carbonyl (C=O) groups excluding carboxylic acids is 2. The molecular weight excluding hydrogens is 316 g/mol. The molecule has 2 amide bonds. The van der Waals surface area contributed by atoms with Gasteiger partial charge in [0.2, 0.25) is 5.91 Å². The molecule has 4 rings (SSSR count). The van der Waals surface area contributed by atoms with Crippen molar-refractivity contribution in [2.45, 2.75) is 19.8 Å². The number of pyridine rings is 1. The molecule has 1 N–H and O–H groups in total. The molecule has 25 heavy (non-hydrogen) atoms. The van der Waals surface area contributed by atoms with E-state index in [0.29, 0.717) is 17.8 Å². The van der Waals surface area contributed by atoms with E-state index in [9.17, 15) is 9.59 Å². The van der Waals surface area contributed by atoms with Crippen LogP contribution in [0, 0.1) is 6.92 Å². The Morgan fingerprint density at radius 3 is 2.92 bits per heavy atom. The first-order valence-corrected chi connectivity index (χ1v) is 8.27. The summed E-state index contributed by atoms with van der Waals surface area (Å²) in [6.07, 6.45) is 5.04. The number of nitrogens with one attached hydrogen (secondary N) is 1. The van der Waals surface area contributed by atoms with Crippen molar-refractivity contribution in [3.8, 4) is 0 Å². The number of hydrogen-bond donors (Lipinski definition) is 1. The van der Waals surface area contributed by atoms with Crippen LogP contribution in [0.15, 0.2) is 48.8 Å². The number of benzene rings is 1. The number of aromatic nitrogens is 2. The minimum absolute atomic E-state index is 0.124. The SMILES string of the molecule is Cc1ccn2cc(C(=O)Nc3cccc(N4CCCC4=O)c3)nc2c1. The van der Waals surface area contributed by atoms with Gasteiger partial charge in [-0.1, -0.05) is 6.07 Å². The van der Waals surface area contributed by atoms with E-state index in [0.717, 1.165) is 29.9 Å². The number of rotatable bonds is 3. The van der Waals surface area contributed by atoms with E-state index >= 15 is 0 Å². The maximum atomic E-state index is 12.5. The maximum Gasteiger partial charge on any atom is 0.275 e. The fourth-order valence-electron chi connectivity index (χ4n) is 3.06. The molecule has 1 aliphatic rings. The summed E-state index contributed by atoms with van der Waals surface area (Å²) < 4.78 is 1.82. The fraction of sp³-hybridized carbons (Fsp3) is 0.211. The molecule has 1 aliphatic heterocycles. The molecule has 0 spiro atoms. The topological polar surface area (TPSA) is 66.7 Å². The number of imidazole rings is 1. The molecule has 0 saturated carbocycles. The number of carbonyl (C=O) groups is 2. The van der Waals surface area contributed by atoms with Gasteiger partial charge in [-0.25, -0.2) is 4.98 Å². The Morgan fingerprint density at radius 2 is 2.12 bits per heavy atom. The Labute approximate surface area is 145 Å². The standard InChI is InChI=1S/C19H18N4O2/c1-13-7-9-22-12-16(21-17(22)10-13)19(25)20-14-4-2-5-15(11-14)23-8-3-6-18(23)24/h2,4-5,7,9-12H,3,6,8H2,1H3,(H,20,25). The van der Waals surface area contributed by atoms with Gasteiger partial charge in [0, 0.05) is 36.7 Å². The molecule has 1 aromatic carbocycles. The van der Waals surface area contributed by atoms with Crippen LogP contribution in [0.2, 0.25) is 0 Å². The third kappa shape index (κ3) is 2.98. The van der Waals surface area contributed by atoms with Crippen molar-refractivity contribution in [3.05, 3.63) is 60.0 Å². The summed E-state index contributed by atoms with van der Waals surface area (Å²) in [5.74, 6) is -0.148. The van der Waals surface area contributed by atoms with Gasteiger partial charge < -0.3 is 14.6 Å². The van der Waals surface area contributed by atoms with E-state index in [1.165, 1.54) is 0 Å². The highest BCUT2D eigenvalue weighted by Crippen LogP contribution is 2.24. The zero-order valence-electron chi connectivity index (χ0n) is 13.9. The van der Waals surface area contributed by atoms with Gasteiger partial charge in [-0.05, 0) is 49.2 Å². The second-order valence-electron chi connectivity index (χ2n) is 6.25. The van der Waals surface area contributed by atoms with Gasteiger partial charge in [0.15, 0.2) is 0 Å². The molecule has 6 heteroatoms. The minimum atomic E-state index is -0.272. The number of hydrogen-bond acceptors (Lipinski definition) is 3. The highest BCUT2D eigenvalue weighted by atomic mass is 16.2. The monoisotopic (exact) mass is 334 g/mol. The molecule has 1 fully saturated rings. The zero-order valence-corrected chi connectivity index (χ0v) is 13.9. The number of nitrogens with zero attached hydrogens (tertiary/aromatic N) is 3. The van der Waals surface area contributed by atoms with Crippen LogP contribution in [-0.4, -0.2) is 27.7 Å². The summed E-state index contributed by atoms with van der Waals surface area (Å²) >= 11 is 0. The molecule has 3 heterocycles. The highest BCUT2D eigenvalue weighted by molar-refractivity contribution is 6.04. The van der Waals surface area contributed by atoms with Crippen molar-refractivity contribution < 1.29 is 9.59 Å². The van der Waals surface area contributed by atoms with Gasteiger partial charge in [0.1, 0.15) is 11.3 Å². The zero-order chi connectivity index (χ0) is 17.4. The van der Waals surface area contributed by atoms with Crippen molar-refractivity contribution in [2.75, 3.05) is 16.8 Å². The lowest BCUT2D eigenvalue weighted by molar-refractivity contribution is -0.117. The molecule has 2 aromatic heterocycles. The second-order valence-corrected chi connectivity index (χ2v) is 6.25. The van der Waals surface area contributed by atoms with Crippen LogP contribution in [0.1, 0.15) is 28.9 Å². The van der Waals surface area contributed by atoms with Gasteiger partial charge in [0.25, 0.3) is 5.91 Å². The van der Waals surface area contributed by atoms with E-state index in [1.54, 1.807) is 11.1 Å². The van der Waals surface area contributed by atoms with Crippen LogP contribution in [0.25, 0.3) is 5.65 Å².